The van der Waals surface area contributed by atoms with Crippen LogP contribution in [0.25, 0.3) is 11.0 Å². The third kappa shape index (κ3) is 3.88. The minimum absolute atomic E-state index is 0.0704. The quantitative estimate of drug-likeness (QED) is 0.754. The number of nitrogens with zero attached hydrogens (tertiary/aromatic N) is 4. The van der Waals surface area contributed by atoms with Crippen molar-refractivity contribution >= 4 is 26.9 Å². The number of nitrogens with one attached hydrogen (secondary N) is 1. The maximum atomic E-state index is 12.7. The Bertz CT molecular complexity index is 907. The van der Waals surface area contributed by atoms with Crippen LogP contribution in [-0.2, 0) is 10.0 Å². The molecule has 1 saturated heterocycles. The highest BCUT2D eigenvalue weighted by Crippen LogP contribution is 2.33. The Morgan fingerprint density at radius 3 is 2.71 bits per heavy atom. The van der Waals surface area contributed by atoms with Crippen LogP contribution in [-0.4, -0.2) is 71.3 Å². The summed E-state index contributed by atoms with van der Waals surface area (Å²) in [4.78, 5) is 14.1. The van der Waals surface area contributed by atoms with Gasteiger partial charge in [0.2, 0.25) is 10.0 Å². The molecule has 2 fully saturated rings. The lowest BCUT2D eigenvalue weighted by atomic mass is 9.86. The van der Waals surface area contributed by atoms with Crippen molar-refractivity contribution in [2.45, 2.75) is 38.1 Å². The number of aromatic nitrogens is 3. The van der Waals surface area contributed by atoms with Gasteiger partial charge in [0.25, 0.3) is 0 Å². The van der Waals surface area contributed by atoms with Crippen LogP contribution in [0.2, 0.25) is 0 Å². The molecule has 0 bridgehead atoms. The third-order valence-corrected chi connectivity index (χ3v) is 8.39. The molecule has 1 atom stereocenters. The van der Waals surface area contributed by atoms with E-state index in [0.717, 1.165) is 49.0 Å². The Kier molecular flexibility index (Phi) is 5.57. The Hall–Kier alpha value is -1.71. The summed E-state index contributed by atoms with van der Waals surface area (Å²) in [6.45, 7) is 1.09. The lowest BCUT2D eigenvalue weighted by Crippen LogP contribution is -2.39. The van der Waals surface area contributed by atoms with Crippen LogP contribution >= 0.6 is 0 Å². The molecule has 1 aliphatic carbocycles. The minimum atomic E-state index is -3.23. The zero-order valence-electron chi connectivity index (χ0n) is 16.3. The summed E-state index contributed by atoms with van der Waals surface area (Å²) in [6.07, 6.45) is 7.97. The fraction of sp³-hybridized carbons (Fsp3) is 0.684. The molecular weight excluding hydrogens is 378 g/mol. The summed E-state index contributed by atoms with van der Waals surface area (Å²) in [7, 11) is -1.16. The standard InChI is InChI=1S/C19H29N5O3S/c1-23(19-17-6-8-20-18(17)21-13-22-19)16-4-2-14(3-5-16)12-28(26,27)24-9-7-15(10-24)11-25/h6,8,13-16,25H,2-5,7,9-12H2,1H3,(H,20,21,22)/t14?,15-,16?/m1/s1. The van der Waals surface area contributed by atoms with Crippen molar-refractivity contribution in [2.75, 3.05) is 37.4 Å². The van der Waals surface area contributed by atoms with Gasteiger partial charge < -0.3 is 15.0 Å². The van der Waals surface area contributed by atoms with Gasteiger partial charge in [-0.05, 0) is 50.0 Å². The van der Waals surface area contributed by atoms with E-state index in [1.807, 2.05) is 12.3 Å². The molecule has 4 rings (SSSR count). The molecule has 0 amide bonds. The van der Waals surface area contributed by atoms with E-state index in [2.05, 4.69) is 26.9 Å². The summed E-state index contributed by atoms with van der Waals surface area (Å²) in [5.74, 6) is 1.46. The van der Waals surface area contributed by atoms with Gasteiger partial charge in [-0.2, -0.15) is 0 Å². The fourth-order valence-corrected chi connectivity index (χ4v) is 6.57. The number of H-pyrrole nitrogens is 1. The van der Waals surface area contributed by atoms with Gasteiger partial charge in [0.05, 0.1) is 11.1 Å². The molecule has 0 aromatic carbocycles. The molecule has 154 valence electrons. The van der Waals surface area contributed by atoms with Gasteiger partial charge in [0, 0.05) is 39.0 Å². The average Bonchev–Trinajstić information content (AvgIpc) is 3.37. The summed E-state index contributed by atoms with van der Waals surface area (Å²) < 4.78 is 27.0. The Morgan fingerprint density at radius 2 is 2.00 bits per heavy atom. The van der Waals surface area contributed by atoms with Gasteiger partial charge in [0.1, 0.15) is 17.8 Å². The number of aromatic amines is 1. The number of aliphatic hydroxyl groups is 1. The predicted molar refractivity (Wildman–Crippen MR) is 109 cm³/mol. The first-order valence-electron chi connectivity index (χ1n) is 10.1. The van der Waals surface area contributed by atoms with E-state index < -0.39 is 10.0 Å². The fourth-order valence-electron chi connectivity index (χ4n) is 4.61. The van der Waals surface area contributed by atoms with Crippen molar-refractivity contribution in [3.05, 3.63) is 18.6 Å². The summed E-state index contributed by atoms with van der Waals surface area (Å²) in [5.41, 5.74) is 0.837. The van der Waals surface area contributed by atoms with Crippen LogP contribution in [0.15, 0.2) is 18.6 Å². The van der Waals surface area contributed by atoms with E-state index in [9.17, 15) is 13.5 Å². The molecule has 0 radical (unpaired) electrons. The van der Waals surface area contributed by atoms with Crippen LogP contribution in [0.5, 0.6) is 0 Å². The van der Waals surface area contributed by atoms with Crippen molar-refractivity contribution in [1.29, 1.82) is 0 Å². The van der Waals surface area contributed by atoms with Crippen molar-refractivity contribution in [3.63, 3.8) is 0 Å². The average molecular weight is 408 g/mol. The Morgan fingerprint density at radius 1 is 1.21 bits per heavy atom. The smallest absolute Gasteiger partial charge is 0.214 e. The number of fused-ring (bicyclic) bond motifs is 1. The van der Waals surface area contributed by atoms with Crippen LogP contribution in [0, 0.1) is 11.8 Å². The minimum Gasteiger partial charge on any atom is -0.396 e. The second kappa shape index (κ2) is 7.96. The van der Waals surface area contributed by atoms with Gasteiger partial charge in [-0.15, -0.1) is 0 Å². The number of aliphatic hydroxyl groups excluding tert-OH is 1. The van der Waals surface area contributed by atoms with Gasteiger partial charge in [-0.25, -0.2) is 22.7 Å². The first-order chi connectivity index (χ1) is 13.5. The maximum Gasteiger partial charge on any atom is 0.214 e. The maximum absolute atomic E-state index is 12.7. The van der Waals surface area contributed by atoms with E-state index in [1.165, 1.54) is 0 Å². The SMILES string of the molecule is CN(c1ncnc2[nH]ccc12)C1CCC(CS(=O)(=O)N2CC[C@@H](CO)C2)CC1. The molecule has 0 unspecified atom stereocenters. The lowest BCUT2D eigenvalue weighted by Gasteiger charge is -2.35. The number of anilines is 1. The molecule has 9 heteroatoms. The van der Waals surface area contributed by atoms with E-state index in [0.29, 0.717) is 19.1 Å². The second-order valence-electron chi connectivity index (χ2n) is 8.20. The summed E-state index contributed by atoms with van der Waals surface area (Å²) >= 11 is 0. The first kappa shape index (κ1) is 19.6. The Labute approximate surface area is 166 Å². The second-order valence-corrected chi connectivity index (χ2v) is 10.2. The highest BCUT2D eigenvalue weighted by Gasteiger charge is 2.34. The van der Waals surface area contributed by atoms with Crippen LogP contribution in [0.3, 0.4) is 0 Å². The van der Waals surface area contributed by atoms with Crippen molar-refractivity contribution in [1.82, 2.24) is 19.3 Å². The van der Waals surface area contributed by atoms with Crippen molar-refractivity contribution in [3.8, 4) is 0 Å². The predicted octanol–water partition coefficient (Wildman–Crippen LogP) is 1.60. The lowest BCUT2D eigenvalue weighted by molar-refractivity contribution is 0.233. The van der Waals surface area contributed by atoms with Crippen molar-refractivity contribution in [2.24, 2.45) is 11.8 Å². The molecule has 28 heavy (non-hydrogen) atoms. The first-order valence-corrected chi connectivity index (χ1v) is 11.7. The molecular formula is C19H29N5O3S. The topological polar surface area (TPSA) is 102 Å². The van der Waals surface area contributed by atoms with Gasteiger partial charge in [0.15, 0.2) is 0 Å². The van der Waals surface area contributed by atoms with E-state index in [1.54, 1.807) is 10.6 Å². The molecule has 2 aromatic rings. The largest absolute Gasteiger partial charge is 0.396 e. The highest BCUT2D eigenvalue weighted by molar-refractivity contribution is 7.89. The van der Waals surface area contributed by atoms with Crippen LogP contribution in [0.1, 0.15) is 32.1 Å². The molecule has 3 heterocycles. The number of hydrogen-bond acceptors (Lipinski definition) is 6. The monoisotopic (exact) mass is 407 g/mol. The molecule has 1 aliphatic heterocycles. The van der Waals surface area contributed by atoms with Crippen molar-refractivity contribution < 1.29 is 13.5 Å². The molecule has 1 saturated carbocycles. The zero-order valence-corrected chi connectivity index (χ0v) is 17.1. The zero-order chi connectivity index (χ0) is 19.7. The van der Waals surface area contributed by atoms with Crippen LogP contribution < -0.4 is 4.90 Å². The molecule has 2 aromatic heterocycles. The van der Waals surface area contributed by atoms with Gasteiger partial charge >= 0.3 is 0 Å². The van der Waals surface area contributed by atoms with Gasteiger partial charge in [-0.1, -0.05) is 0 Å². The molecule has 0 spiro atoms. The third-order valence-electron chi connectivity index (χ3n) is 6.38. The number of hydrogen-bond donors (Lipinski definition) is 2. The van der Waals surface area contributed by atoms with Crippen LogP contribution in [0.4, 0.5) is 5.82 Å². The van der Waals surface area contributed by atoms with E-state index >= 15 is 0 Å². The Balaban J connectivity index is 1.35. The molecule has 2 N–H and O–H groups in total. The summed E-state index contributed by atoms with van der Waals surface area (Å²) in [5, 5.41) is 10.3. The summed E-state index contributed by atoms with van der Waals surface area (Å²) in [6, 6.07) is 2.35. The van der Waals surface area contributed by atoms with E-state index in [-0.39, 0.29) is 24.2 Å². The number of sulfonamides is 1. The van der Waals surface area contributed by atoms with Gasteiger partial charge in [-0.3, -0.25) is 0 Å². The normalized spacial score (nSPS) is 26.7. The van der Waals surface area contributed by atoms with E-state index in [4.69, 9.17) is 0 Å². The molecule has 8 nitrogen and oxygen atoms in total. The number of rotatable bonds is 6. The molecule has 2 aliphatic rings. The highest BCUT2D eigenvalue weighted by atomic mass is 32.2.